The molecule has 0 saturated carbocycles. The molecule has 5 heteroatoms. The van der Waals surface area contributed by atoms with Gasteiger partial charge in [-0.15, -0.1) is 11.8 Å². The Bertz CT molecular complexity index is 317. The van der Waals surface area contributed by atoms with Gasteiger partial charge in [0, 0.05) is 0 Å². The van der Waals surface area contributed by atoms with Crippen LogP contribution in [0.1, 0.15) is 23.8 Å². The second kappa shape index (κ2) is 5.59. The second-order valence-electron chi connectivity index (χ2n) is 2.58. The summed E-state index contributed by atoms with van der Waals surface area (Å²) in [6.07, 6.45) is 4.11. The molecule has 0 bridgehead atoms. The fourth-order valence-corrected chi connectivity index (χ4v) is 1.54. The molecule has 0 fully saturated rings. The first kappa shape index (κ1) is 11.0. The van der Waals surface area contributed by atoms with Gasteiger partial charge in [-0.1, -0.05) is 6.92 Å². The van der Waals surface area contributed by atoms with Crippen LogP contribution in [0, 0.1) is 0 Å². The fraction of sp³-hybridized carbons (Fsp3) is 0.444. The molecule has 14 heavy (non-hydrogen) atoms. The predicted molar refractivity (Wildman–Crippen MR) is 54.4 cm³/mol. The molecule has 0 aliphatic rings. The summed E-state index contributed by atoms with van der Waals surface area (Å²) in [4.78, 5) is 19.1. The summed E-state index contributed by atoms with van der Waals surface area (Å²) in [7, 11) is 1.33. The van der Waals surface area contributed by atoms with Gasteiger partial charge in [0.05, 0.1) is 19.5 Å². The lowest BCUT2D eigenvalue weighted by Gasteiger charge is -2.00. The fourth-order valence-electron chi connectivity index (χ4n) is 0.827. The quantitative estimate of drug-likeness (QED) is 0.562. The normalized spacial score (nSPS) is 9.86. The van der Waals surface area contributed by atoms with Crippen molar-refractivity contribution in [1.82, 2.24) is 9.97 Å². The molecule has 4 nitrogen and oxygen atoms in total. The molecule has 1 rings (SSSR count). The molecule has 0 amide bonds. The van der Waals surface area contributed by atoms with E-state index in [1.807, 2.05) is 0 Å². The highest BCUT2D eigenvalue weighted by Gasteiger charge is 2.08. The first-order valence-corrected chi connectivity index (χ1v) is 5.29. The monoisotopic (exact) mass is 212 g/mol. The molecule has 1 aromatic heterocycles. The standard InChI is InChI=1S/C9H12N2O2S/c1-3-4-14-8-6-10-5-7(11-8)9(12)13-2/h5-6H,3-4H2,1-2H3. The van der Waals surface area contributed by atoms with Gasteiger partial charge < -0.3 is 4.74 Å². The zero-order valence-electron chi connectivity index (χ0n) is 8.19. The van der Waals surface area contributed by atoms with E-state index in [4.69, 9.17) is 0 Å². The Morgan fingerprint density at radius 1 is 1.57 bits per heavy atom. The van der Waals surface area contributed by atoms with Crippen molar-refractivity contribution in [3.63, 3.8) is 0 Å². The van der Waals surface area contributed by atoms with Crippen LogP contribution in [0.5, 0.6) is 0 Å². The maximum atomic E-state index is 11.1. The lowest BCUT2D eigenvalue weighted by molar-refractivity contribution is 0.0592. The minimum atomic E-state index is -0.448. The number of nitrogens with zero attached hydrogens (tertiary/aromatic N) is 2. The topological polar surface area (TPSA) is 52.1 Å². The lowest BCUT2D eigenvalue weighted by Crippen LogP contribution is -2.05. The Morgan fingerprint density at radius 3 is 3.00 bits per heavy atom. The van der Waals surface area contributed by atoms with Gasteiger partial charge >= 0.3 is 5.97 Å². The molecule has 0 unspecified atom stereocenters. The van der Waals surface area contributed by atoms with E-state index < -0.39 is 5.97 Å². The van der Waals surface area contributed by atoms with Crippen LogP contribution in [-0.2, 0) is 4.74 Å². The minimum absolute atomic E-state index is 0.258. The molecule has 0 saturated heterocycles. The van der Waals surface area contributed by atoms with Gasteiger partial charge in [-0.2, -0.15) is 0 Å². The van der Waals surface area contributed by atoms with Gasteiger partial charge in [-0.25, -0.2) is 9.78 Å². The van der Waals surface area contributed by atoms with Crippen LogP contribution in [0.15, 0.2) is 17.4 Å². The van der Waals surface area contributed by atoms with E-state index in [0.717, 1.165) is 17.2 Å². The Balaban J connectivity index is 2.73. The summed E-state index contributed by atoms with van der Waals surface area (Å²) in [6.45, 7) is 2.09. The molecule has 0 aromatic carbocycles. The lowest BCUT2D eigenvalue weighted by atomic mass is 10.5. The van der Waals surface area contributed by atoms with Crippen LogP contribution in [0.25, 0.3) is 0 Å². The molecular weight excluding hydrogens is 200 g/mol. The number of carbonyl (C=O) groups is 1. The average molecular weight is 212 g/mol. The van der Waals surface area contributed by atoms with Crippen molar-refractivity contribution in [3.05, 3.63) is 18.1 Å². The molecule has 1 heterocycles. The molecule has 0 aliphatic heterocycles. The van der Waals surface area contributed by atoms with Crippen molar-refractivity contribution in [2.24, 2.45) is 0 Å². The summed E-state index contributed by atoms with van der Waals surface area (Å²) in [5.41, 5.74) is 0.258. The van der Waals surface area contributed by atoms with Crippen LogP contribution in [0.3, 0.4) is 0 Å². The van der Waals surface area contributed by atoms with Crippen LogP contribution in [-0.4, -0.2) is 28.8 Å². The SMILES string of the molecule is CCCSc1cncc(C(=O)OC)n1. The van der Waals surface area contributed by atoms with Gasteiger partial charge in [0.25, 0.3) is 0 Å². The molecule has 0 N–H and O–H groups in total. The highest BCUT2D eigenvalue weighted by Crippen LogP contribution is 2.14. The maximum Gasteiger partial charge on any atom is 0.358 e. The van der Waals surface area contributed by atoms with Crippen LogP contribution >= 0.6 is 11.8 Å². The Labute approximate surface area is 87.1 Å². The van der Waals surface area contributed by atoms with Gasteiger partial charge in [0.1, 0.15) is 5.03 Å². The van der Waals surface area contributed by atoms with Gasteiger partial charge in [0.2, 0.25) is 0 Å². The minimum Gasteiger partial charge on any atom is -0.464 e. The number of carbonyl (C=O) groups excluding carboxylic acids is 1. The van der Waals surface area contributed by atoms with Crippen LogP contribution in [0.2, 0.25) is 0 Å². The highest BCUT2D eigenvalue weighted by molar-refractivity contribution is 7.99. The Hall–Kier alpha value is -1.10. The molecule has 0 spiro atoms. The van der Waals surface area contributed by atoms with Crippen molar-refractivity contribution in [3.8, 4) is 0 Å². The van der Waals surface area contributed by atoms with Crippen molar-refractivity contribution in [2.75, 3.05) is 12.9 Å². The molecule has 1 aromatic rings. The number of aromatic nitrogens is 2. The maximum absolute atomic E-state index is 11.1. The van der Waals surface area contributed by atoms with Crippen molar-refractivity contribution in [1.29, 1.82) is 0 Å². The number of methoxy groups -OCH3 is 1. The number of hydrogen-bond acceptors (Lipinski definition) is 5. The highest BCUT2D eigenvalue weighted by atomic mass is 32.2. The zero-order chi connectivity index (χ0) is 10.4. The van der Waals surface area contributed by atoms with E-state index in [0.29, 0.717) is 0 Å². The van der Waals surface area contributed by atoms with Crippen molar-refractivity contribution in [2.45, 2.75) is 18.4 Å². The molecular formula is C9H12N2O2S. The number of rotatable bonds is 4. The smallest absolute Gasteiger partial charge is 0.358 e. The Morgan fingerprint density at radius 2 is 2.36 bits per heavy atom. The Kier molecular flexibility index (Phi) is 4.39. The molecule has 0 radical (unpaired) electrons. The van der Waals surface area contributed by atoms with Gasteiger partial charge in [-0.3, -0.25) is 4.98 Å². The third-order valence-electron chi connectivity index (χ3n) is 1.46. The van der Waals surface area contributed by atoms with Crippen LogP contribution < -0.4 is 0 Å². The first-order chi connectivity index (χ1) is 6.77. The summed E-state index contributed by atoms with van der Waals surface area (Å²) in [5, 5.41) is 0.759. The molecule has 76 valence electrons. The van der Waals surface area contributed by atoms with Crippen LogP contribution in [0.4, 0.5) is 0 Å². The predicted octanol–water partition coefficient (Wildman–Crippen LogP) is 1.77. The van der Waals surface area contributed by atoms with E-state index >= 15 is 0 Å². The first-order valence-electron chi connectivity index (χ1n) is 4.31. The zero-order valence-corrected chi connectivity index (χ0v) is 9.00. The van der Waals surface area contributed by atoms with E-state index in [1.165, 1.54) is 13.3 Å². The summed E-state index contributed by atoms with van der Waals surface area (Å²) in [5.74, 6) is 0.524. The van der Waals surface area contributed by atoms with E-state index in [9.17, 15) is 4.79 Å². The summed E-state index contributed by atoms with van der Waals surface area (Å²) >= 11 is 1.58. The van der Waals surface area contributed by atoms with E-state index in [2.05, 4.69) is 21.6 Å². The summed E-state index contributed by atoms with van der Waals surface area (Å²) < 4.78 is 4.55. The van der Waals surface area contributed by atoms with E-state index in [1.54, 1.807) is 18.0 Å². The number of esters is 1. The third kappa shape index (κ3) is 2.99. The number of thioether (sulfide) groups is 1. The summed E-state index contributed by atoms with van der Waals surface area (Å²) in [6, 6.07) is 0. The molecule has 0 aliphatic carbocycles. The largest absolute Gasteiger partial charge is 0.464 e. The number of ether oxygens (including phenoxy) is 1. The van der Waals surface area contributed by atoms with Gasteiger partial charge in [-0.05, 0) is 12.2 Å². The van der Waals surface area contributed by atoms with Crippen molar-refractivity contribution >= 4 is 17.7 Å². The second-order valence-corrected chi connectivity index (χ2v) is 3.70. The molecule has 0 atom stereocenters. The van der Waals surface area contributed by atoms with E-state index in [-0.39, 0.29) is 5.69 Å². The number of hydrogen-bond donors (Lipinski definition) is 0. The third-order valence-corrected chi connectivity index (χ3v) is 2.57. The van der Waals surface area contributed by atoms with Gasteiger partial charge in [0.15, 0.2) is 5.69 Å². The average Bonchev–Trinajstić information content (AvgIpc) is 2.25. The van der Waals surface area contributed by atoms with Crippen molar-refractivity contribution < 1.29 is 9.53 Å².